The molecule has 0 bridgehead atoms. The number of phenols is 1. The van der Waals surface area contributed by atoms with E-state index in [1.807, 2.05) is 0 Å². The van der Waals surface area contributed by atoms with Crippen molar-refractivity contribution in [2.24, 2.45) is 0 Å². The third kappa shape index (κ3) is 2.72. The molecule has 0 saturated carbocycles. The molecule has 0 aliphatic rings. The molecule has 0 radical (unpaired) electrons. The summed E-state index contributed by atoms with van der Waals surface area (Å²) in [6.07, 6.45) is 0. The highest BCUT2D eigenvalue weighted by molar-refractivity contribution is 14.1. The molecule has 0 spiro atoms. The minimum atomic E-state index is -0.397. The molecule has 1 rings (SSSR count). The van der Waals surface area contributed by atoms with Crippen LogP contribution in [-0.4, -0.2) is 17.7 Å². The SMILES string of the molecule is CCOC(=O)c1cc(O)cc(I)c1I. The van der Waals surface area contributed by atoms with E-state index in [4.69, 9.17) is 4.74 Å². The second-order valence-corrected chi connectivity index (χ2v) is 4.75. The predicted molar refractivity (Wildman–Crippen MR) is 69.5 cm³/mol. The molecule has 0 aliphatic carbocycles. The Bertz CT molecular complexity index is 363. The van der Waals surface area contributed by atoms with Gasteiger partial charge in [-0.1, -0.05) is 0 Å². The molecule has 0 aliphatic heterocycles. The van der Waals surface area contributed by atoms with Crippen molar-refractivity contribution in [2.75, 3.05) is 6.61 Å². The summed E-state index contributed by atoms with van der Waals surface area (Å²) in [7, 11) is 0. The van der Waals surface area contributed by atoms with Crippen molar-refractivity contribution in [3.8, 4) is 5.75 Å². The van der Waals surface area contributed by atoms with Gasteiger partial charge >= 0.3 is 5.97 Å². The van der Waals surface area contributed by atoms with Crippen LogP contribution >= 0.6 is 45.2 Å². The van der Waals surface area contributed by atoms with Crippen LogP contribution in [0.5, 0.6) is 5.75 Å². The summed E-state index contributed by atoms with van der Waals surface area (Å²) in [4.78, 5) is 11.4. The predicted octanol–water partition coefficient (Wildman–Crippen LogP) is 2.78. The number of esters is 1. The Morgan fingerprint density at radius 3 is 2.71 bits per heavy atom. The summed E-state index contributed by atoms with van der Waals surface area (Å²) in [5, 5.41) is 9.32. The maximum absolute atomic E-state index is 11.4. The van der Waals surface area contributed by atoms with Gasteiger partial charge in [0.25, 0.3) is 0 Å². The van der Waals surface area contributed by atoms with Crippen LogP contribution < -0.4 is 0 Å². The van der Waals surface area contributed by atoms with Gasteiger partial charge in [-0.25, -0.2) is 4.79 Å². The minimum absolute atomic E-state index is 0.0814. The fraction of sp³-hybridized carbons (Fsp3) is 0.222. The van der Waals surface area contributed by atoms with Gasteiger partial charge in [-0.2, -0.15) is 0 Å². The van der Waals surface area contributed by atoms with E-state index in [0.29, 0.717) is 12.2 Å². The van der Waals surface area contributed by atoms with Crippen molar-refractivity contribution in [2.45, 2.75) is 6.92 Å². The van der Waals surface area contributed by atoms with Gasteiger partial charge in [-0.05, 0) is 64.2 Å². The van der Waals surface area contributed by atoms with Crippen molar-refractivity contribution in [1.82, 2.24) is 0 Å². The number of carbonyl (C=O) groups is 1. The molecule has 0 fully saturated rings. The van der Waals surface area contributed by atoms with Gasteiger partial charge in [-0.15, -0.1) is 0 Å². The smallest absolute Gasteiger partial charge is 0.339 e. The summed E-state index contributed by atoms with van der Waals surface area (Å²) in [5.41, 5.74) is 0.414. The maximum atomic E-state index is 11.4. The number of carbonyl (C=O) groups excluding carboxylic acids is 1. The van der Waals surface area contributed by atoms with E-state index in [0.717, 1.165) is 7.14 Å². The molecule has 5 heteroatoms. The summed E-state index contributed by atoms with van der Waals surface area (Å²) < 4.78 is 6.50. The number of aromatic hydroxyl groups is 1. The first kappa shape index (κ1) is 12.0. The van der Waals surface area contributed by atoms with Crippen LogP contribution in [0.15, 0.2) is 12.1 Å². The quantitative estimate of drug-likeness (QED) is 0.594. The van der Waals surface area contributed by atoms with E-state index in [2.05, 4.69) is 45.2 Å². The van der Waals surface area contributed by atoms with Crippen LogP contribution in [0.25, 0.3) is 0 Å². The van der Waals surface area contributed by atoms with Gasteiger partial charge in [0.05, 0.1) is 12.2 Å². The second-order valence-electron chi connectivity index (χ2n) is 2.51. The highest BCUT2D eigenvalue weighted by Crippen LogP contribution is 2.25. The summed E-state index contributed by atoms with van der Waals surface area (Å²) in [5.74, 6) is -0.316. The normalized spacial score (nSPS) is 9.93. The molecule has 0 heterocycles. The number of rotatable bonds is 2. The van der Waals surface area contributed by atoms with Crippen molar-refractivity contribution in [1.29, 1.82) is 0 Å². The lowest BCUT2D eigenvalue weighted by Gasteiger charge is -2.06. The molecule has 0 unspecified atom stereocenters. The minimum Gasteiger partial charge on any atom is -0.508 e. The van der Waals surface area contributed by atoms with Crippen LogP contribution in [0.4, 0.5) is 0 Å². The fourth-order valence-electron chi connectivity index (χ4n) is 0.932. The Morgan fingerprint density at radius 2 is 2.14 bits per heavy atom. The van der Waals surface area contributed by atoms with E-state index in [9.17, 15) is 9.90 Å². The molecule has 0 aromatic heterocycles. The van der Waals surface area contributed by atoms with E-state index in [1.54, 1.807) is 13.0 Å². The van der Waals surface area contributed by atoms with Crippen LogP contribution in [-0.2, 0) is 4.74 Å². The average molecular weight is 418 g/mol. The Hall–Kier alpha value is -0.0500. The van der Waals surface area contributed by atoms with Gasteiger partial charge < -0.3 is 9.84 Å². The van der Waals surface area contributed by atoms with Gasteiger partial charge in [0.2, 0.25) is 0 Å². The lowest BCUT2D eigenvalue weighted by Crippen LogP contribution is -2.07. The zero-order chi connectivity index (χ0) is 10.7. The van der Waals surface area contributed by atoms with E-state index in [1.165, 1.54) is 6.07 Å². The second kappa shape index (κ2) is 5.15. The number of ether oxygens (including phenoxy) is 1. The lowest BCUT2D eigenvalue weighted by atomic mass is 10.2. The molecular formula is C9H8I2O3. The Balaban J connectivity index is 3.13. The lowest BCUT2D eigenvalue weighted by molar-refractivity contribution is 0.0524. The number of benzene rings is 1. The first-order chi connectivity index (χ1) is 6.56. The first-order valence-electron chi connectivity index (χ1n) is 3.91. The Morgan fingerprint density at radius 1 is 1.50 bits per heavy atom. The highest BCUT2D eigenvalue weighted by Gasteiger charge is 2.14. The summed E-state index contributed by atoms with van der Waals surface area (Å²) in [6, 6.07) is 3.02. The third-order valence-electron chi connectivity index (χ3n) is 1.51. The zero-order valence-corrected chi connectivity index (χ0v) is 11.7. The van der Waals surface area contributed by atoms with Crippen LogP contribution in [0.1, 0.15) is 17.3 Å². The molecule has 0 atom stereocenters. The van der Waals surface area contributed by atoms with Gasteiger partial charge in [-0.3, -0.25) is 0 Å². The monoisotopic (exact) mass is 418 g/mol. The molecule has 3 nitrogen and oxygen atoms in total. The van der Waals surface area contributed by atoms with Crippen molar-refractivity contribution < 1.29 is 14.6 Å². The van der Waals surface area contributed by atoms with Gasteiger partial charge in [0.15, 0.2) is 0 Å². The van der Waals surface area contributed by atoms with E-state index < -0.39 is 5.97 Å². The third-order valence-corrected chi connectivity index (χ3v) is 4.55. The van der Waals surface area contributed by atoms with Crippen LogP contribution in [0.3, 0.4) is 0 Å². The maximum Gasteiger partial charge on any atom is 0.339 e. The molecular weight excluding hydrogens is 410 g/mol. The van der Waals surface area contributed by atoms with Crippen molar-refractivity contribution in [3.05, 3.63) is 24.8 Å². The number of halogens is 2. The Labute approximate surface area is 109 Å². The molecule has 0 saturated heterocycles. The molecule has 0 amide bonds. The van der Waals surface area contributed by atoms with Crippen LogP contribution in [0, 0.1) is 7.14 Å². The zero-order valence-electron chi connectivity index (χ0n) is 7.38. The highest BCUT2D eigenvalue weighted by atomic mass is 127. The number of phenolic OH excluding ortho intramolecular Hbond substituents is 1. The standard InChI is InChI=1S/C9H8I2O3/c1-2-14-9(13)6-3-5(12)4-7(10)8(6)11/h3-4,12H,2H2,1H3. The van der Waals surface area contributed by atoms with Crippen molar-refractivity contribution in [3.63, 3.8) is 0 Å². The topological polar surface area (TPSA) is 46.5 Å². The first-order valence-corrected chi connectivity index (χ1v) is 6.07. The molecule has 14 heavy (non-hydrogen) atoms. The average Bonchev–Trinajstić information content (AvgIpc) is 2.11. The summed E-state index contributed by atoms with van der Waals surface area (Å²) in [6.45, 7) is 2.08. The number of hydrogen-bond acceptors (Lipinski definition) is 3. The molecule has 1 N–H and O–H groups in total. The molecule has 76 valence electrons. The van der Waals surface area contributed by atoms with E-state index in [-0.39, 0.29) is 5.75 Å². The van der Waals surface area contributed by atoms with Crippen molar-refractivity contribution >= 4 is 51.2 Å². The van der Waals surface area contributed by atoms with E-state index >= 15 is 0 Å². The number of hydrogen-bond donors (Lipinski definition) is 1. The molecule has 1 aromatic carbocycles. The van der Waals surface area contributed by atoms with Crippen LogP contribution in [0.2, 0.25) is 0 Å². The Kier molecular flexibility index (Phi) is 4.42. The van der Waals surface area contributed by atoms with Gasteiger partial charge in [0.1, 0.15) is 5.75 Å². The largest absolute Gasteiger partial charge is 0.508 e. The summed E-state index contributed by atoms with van der Waals surface area (Å²) >= 11 is 4.12. The molecule has 1 aromatic rings. The van der Waals surface area contributed by atoms with Gasteiger partial charge in [0, 0.05) is 7.14 Å². The fourth-order valence-corrected chi connectivity index (χ4v) is 2.07.